The van der Waals surface area contributed by atoms with Gasteiger partial charge in [0.05, 0.1) is 61.9 Å². The molecule has 0 saturated heterocycles. The van der Waals surface area contributed by atoms with Gasteiger partial charge in [-0.25, -0.2) is 0 Å². The van der Waals surface area contributed by atoms with Gasteiger partial charge < -0.3 is 40.5 Å². The highest BCUT2D eigenvalue weighted by molar-refractivity contribution is 6.33. The molecular formula is C22H26N2O8. The lowest BCUT2D eigenvalue weighted by Gasteiger charge is -2.25. The second-order valence-electron chi connectivity index (χ2n) is 6.95. The van der Waals surface area contributed by atoms with E-state index in [9.17, 15) is 19.8 Å². The predicted octanol–water partition coefficient (Wildman–Crippen LogP) is 0.715. The molecule has 1 aliphatic rings. The Morgan fingerprint density at radius 3 is 1.41 bits per heavy atom. The van der Waals surface area contributed by atoms with Gasteiger partial charge in [-0.15, -0.1) is 0 Å². The fourth-order valence-electron chi connectivity index (χ4n) is 3.51. The highest BCUT2D eigenvalue weighted by atomic mass is 16.5. The summed E-state index contributed by atoms with van der Waals surface area (Å²) >= 11 is 0. The third kappa shape index (κ3) is 4.83. The second-order valence-corrected chi connectivity index (χ2v) is 6.95. The molecule has 0 saturated carbocycles. The molecule has 6 N–H and O–H groups in total. The molecule has 0 spiro atoms. The molecule has 0 fully saturated rings. The number of ether oxygens (including phenoxy) is 2. The maximum absolute atomic E-state index is 13.3. The Balaban J connectivity index is 1.97. The minimum atomic E-state index is -0.595. The Kier molecular flexibility index (Phi) is 8.01. The quantitative estimate of drug-likeness (QED) is 0.173. The molecule has 0 aliphatic heterocycles. The number of rotatable bonds is 12. The van der Waals surface area contributed by atoms with Gasteiger partial charge in [0.1, 0.15) is 11.5 Å². The molecule has 172 valence electrons. The first kappa shape index (κ1) is 23.5. The smallest absolute Gasteiger partial charge is 0.200 e. The molecule has 0 aromatic heterocycles. The molecular weight excluding hydrogens is 420 g/mol. The Morgan fingerprint density at radius 2 is 1.03 bits per heavy atom. The van der Waals surface area contributed by atoms with Crippen molar-refractivity contribution in [2.75, 3.05) is 63.4 Å². The number of aromatic hydroxyl groups is 2. The fourth-order valence-corrected chi connectivity index (χ4v) is 3.51. The molecule has 0 radical (unpaired) electrons. The standard InChI is InChI=1S/C22H26N2O8/c25-7-11-31-9-5-23-13-1-2-14(24-6-10-32-12-8-26)18-17(13)21(29)19-15(27)3-4-16(28)20(19)22(18)30/h1-4,23-28H,5-12H2. The molecule has 10 nitrogen and oxygen atoms in total. The van der Waals surface area contributed by atoms with Gasteiger partial charge in [0, 0.05) is 24.5 Å². The van der Waals surface area contributed by atoms with Gasteiger partial charge in [-0.05, 0) is 24.3 Å². The van der Waals surface area contributed by atoms with E-state index in [1.807, 2.05) is 0 Å². The summed E-state index contributed by atoms with van der Waals surface area (Å²) < 4.78 is 10.4. The van der Waals surface area contributed by atoms with Crippen LogP contribution in [0.2, 0.25) is 0 Å². The number of phenolic OH excluding ortho intramolecular Hbond substituents is 2. The Labute approximate surface area is 184 Å². The molecule has 0 atom stereocenters. The largest absolute Gasteiger partial charge is 0.507 e. The normalized spacial score (nSPS) is 12.4. The molecule has 0 amide bonds. The first-order valence-electron chi connectivity index (χ1n) is 10.2. The number of anilines is 2. The lowest BCUT2D eigenvalue weighted by Crippen LogP contribution is -2.25. The number of benzene rings is 2. The number of aliphatic hydroxyl groups is 2. The van der Waals surface area contributed by atoms with Crippen molar-refractivity contribution in [1.29, 1.82) is 0 Å². The van der Waals surface area contributed by atoms with Crippen LogP contribution in [-0.4, -0.2) is 84.7 Å². The van der Waals surface area contributed by atoms with Crippen LogP contribution in [0.3, 0.4) is 0 Å². The van der Waals surface area contributed by atoms with Crippen LogP contribution in [0.15, 0.2) is 24.3 Å². The van der Waals surface area contributed by atoms with Crippen LogP contribution in [0.1, 0.15) is 31.8 Å². The number of nitrogens with one attached hydrogen (secondary N) is 2. The Morgan fingerprint density at radius 1 is 0.625 bits per heavy atom. The lowest BCUT2D eigenvalue weighted by atomic mass is 9.81. The van der Waals surface area contributed by atoms with E-state index >= 15 is 0 Å². The van der Waals surface area contributed by atoms with E-state index in [-0.39, 0.29) is 61.9 Å². The minimum Gasteiger partial charge on any atom is -0.507 e. The molecule has 2 aromatic rings. The van der Waals surface area contributed by atoms with Crippen LogP contribution in [-0.2, 0) is 9.47 Å². The molecule has 3 rings (SSSR count). The van der Waals surface area contributed by atoms with E-state index in [1.165, 1.54) is 12.1 Å². The highest BCUT2D eigenvalue weighted by Crippen LogP contribution is 2.42. The van der Waals surface area contributed by atoms with Crippen LogP contribution >= 0.6 is 0 Å². The van der Waals surface area contributed by atoms with Crippen molar-refractivity contribution in [3.63, 3.8) is 0 Å². The third-order valence-corrected chi connectivity index (χ3v) is 4.87. The highest BCUT2D eigenvalue weighted by Gasteiger charge is 2.37. The van der Waals surface area contributed by atoms with Crippen molar-refractivity contribution < 1.29 is 39.5 Å². The molecule has 2 aromatic carbocycles. The number of aliphatic hydroxyl groups excluding tert-OH is 2. The summed E-state index contributed by atoms with van der Waals surface area (Å²) in [5.74, 6) is -1.98. The average molecular weight is 446 g/mol. The van der Waals surface area contributed by atoms with Gasteiger partial charge >= 0.3 is 0 Å². The zero-order valence-electron chi connectivity index (χ0n) is 17.4. The van der Waals surface area contributed by atoms with E-state index in [1.54, 1.807) is 12.1 Å². The molecule has 1 aliphatic carbocycles. The van der Waals surface area contributed by atoms with Crippen LogP contribution in [0.5, 0.6) is 11.5 Å². The van der Waals surface area contributed by atoms with E-state index in [4.69, 9.17) is 19.7 Å². The van der Waals surface area contributed by atoms with Crippen molar-refractivity contribution in [3.05, 3.63) is 46.5 Å². The second kappa shape index (κ2) is 10.9. The zero-order chi connectivity index (χ0) is 23.1. The SMILES string of the molecule is O=C1c2c(O)ccc(O)c2C(=O)c2c(NCCOCCO)ccc(NCCOCCO)c21. The van der Waals surface area contributed by atoms with Gasteiger partial charge in [0.25, 0.3) is 0 Å². The van der Waals surface area contributed by atoms with Gasteiger partial charge in [-0.1, -0.05) is 0 Å². The minimum absolute atomic E-state index is 0.0758. The Hall–Kier alpha value is -3.18. The summed E-state index contributed by atoms with van der Waals surface area (Å²) in [5.41, 5.74) is 0.414. The summed E-state index contributed by atoms with van der Waals surface area (Å²) in [5, 5.41) is 44.2. The van der Waals surface area contributed by atoms with Crippen LogP contribution in [0.4, 0.5) is 11.4 Å². The maximum Gasteiger partial charge on any atom is 0.200 e. The summed E-state index contributed by atoms with van der Waals surface area (Å²) in [6.07, 6.45) is 0. The number of hydrogen-bond donors (Lipinski definition) is 6. The topological polar surface area (TPSA) is 158 Å². The lowest BCUT2D eigenvalue weighted by molar-refractivity contribution is 0.0972. The van der Waals surface area contributed by atoms with Crippen molar-refractivity contribution in [2.45, 2.75) is 0 Å². The van der Waals surface area contributed by atoms with E-state index in [0.717, 1.165) is 0 Å². The number of carbonyl (C=O) groups excluding carboxylic acids is 2. The monoisotopic (exact) mass is 446 g/mol. The van der Waals surface area contributed by atoms with Crippen molar-refractivity contribution in [1.82, 2.24) is 0 Å². The summed E-state index contributed by atoms with van der Waals surface area (Å²) in [7, 11) is 0. The van der Waals surface area contributed by atoms with E-state index in [0.29, 0.717) is 24.5 Å². The summed E-state index contributed by atoms with van der Waals surface area (Å²) in [6.45, 7) is 1.31. The molecule has 32 heavy (non-hydrogen) atoms. The van der Waals surface area contributed by atoms with E-state index in [2.05, 4.69) is 10.6 Å². The van der Waals surface area contributed by atoms with Crippen molar-refractivity contribution >= 4 is 22.9 Å². The third-order valence-electron chi connectivity index (χ3n) is 4.87. The number of carbonyl (C=O) groups is 2. The Bertz CT molecular complexity index is 914. The van der Waals surface area contributed by atoms with Gasteiger partial charge in [-0.2, -0.15) is 0 Å². The molecule has 0 heterocycles. The summed E-state index contributed by atoms with van der Waals surface area (Å²) in [4.78, 5) is 26.7. The van der Waals surface area contributed by atoms with Crippen LogP contribution < -0.4 is 10.6 Å². The number of fused-ring (bicyclic) bond motifs is 2. The number of phenols is 2. The van der Waals surface area contributed by atoms with Gasteiger partial charge in [0.15, 0.2) is 0 Å². The number of ketones is 2. The summed E-state index contributed by atoms with van der Waals surface area (Å²) in [6, 6.07) is 5.61. The fraction of sp³-hybridized carbons (Fsp3) is 0.364. The van der Waals surface area contributed by atoms with E-state index < -0.39 is 23.1 Å². The number of hydrogen-bond acceptors (Lipinski definition) is 10. The maximum atomic E-state index is 13.3. The van der Waals surface area contributed by atoms with Crippen molar-refractivity contribution in [2.24, 2.45) is 0 Å². The molecule has 0 bridgehead atoms. The van der Waals surface area contributed by atoms with Crippen molar-refractivity contribution in [3.8, 4) is 11.5 Å². The molecule has 10 heteroatoms. The zero-order valence-corrected chi connectivity index (χ0v) is 17.4. The predicted molar refractivity (Wildman–Crippen MR) is 116 cm³/mol. The van der Waals surface area contributed by atoms with Gasteiger partial charge in [0.2, 0.25) is 11.6 Å². The first-order chi connectivity index (χ1) is 15.5. The van der Waals surface area contributed by atoms with Gasteiger partial charge in [-0.3, -0.25) is 9.59 Å². The molecule has 0 unspecified atom stereocenters. The first-order valence-corrected chi connectivity index (χ1v) is 10.2. The average Bonchev–Trinajstić information content (AvgIpc) is 2.78. The van der Waals surface area contributed by atoms with Crippen LogP contribution in [0, 0.1) is 0 Å². The van der Waals surface area contributed by atoms with Crippen LogP contribution in [0.25, 0.3) is 0 Å².